The largest absolute Gasteiger partial charge is 0.398 e. The van der Waals surface area contributed by atoms with Crippen LogP contribution in [0.1, 0.15) is 24.5 Å². The molecule has 0 saturated carbocycles. The Bertz CT molecular complexity index is 739. The zero-order chi connectivity index (χ0) is 14.1. The molecular weight excluding hydrogens is 246 g/mol. The van der Waals surface area contributed by atoms with E-state index >= 15 is 0 Å². The molecule has 0 radical (unpaired) electrons. The van der Waals surface area contributed by atoms with Crippen molar-refractivity contribution in [2.45, 2.75) is 26.7 Å². The van der Waals surface area contributed by atoms with Crippen LogP contribution in [0.25, 0.3) is 16.9 Å². The molecule has 2 aromatic heterocycles. The second-order valence-corrected chi connectivity index (χ2v) is 5.26. The lowest BCUT2D eigenvalue weighted by atomic mass is 10.1. The third-order valence-corrected chi connectivity index (χ3v) is 3.54. The topological polar surface area (TPSA) is 43.3 Å². The first kappa shape index (κ1) is 12.7. The molecule has 2 heterocycles. The number of fused-ring (bicyclic) bond motifs is 1. The summed E-state index contributed by atoms with van der Waals surface area (Å²) in [5, 5.41) is 0. The Hall–Kier alpha value is -2.29. The molecule has 3 aromatic rings. The minimum Gasteiger partial charge on any atom is -0.398 e. The molecule has 0 aliphatic carbocycles. The number of pyridine rings is 1. The molecule has 0 atom stereocenters. The van der Waals surface area contributed by atoms with Gasteiger partial charge in [0.25, 0.3) is 0 Å². The summed E-state index contributed by atoms with van der Waals surface area (Å²) in [7, 11) is 0. The second kappa shape index (κ2) is 5.00. The molecule has 0 spiro atoms. The van der Waals surface area contributed by atoms with Crippen molar-refractivity contribution >= 4 is 11.3 Å². The number of rotatable bonds is 3. The van der Waals surface area contributed by atoms with Gasteiger partial charge in [0.05, 0.1) is 5.69 Å². The Morgan fingerprint density at radius 1 is 1.15 bits per heavy atom. The first-order valence-electron chi connectivity index (χ1n) is 7.01. The fourth-order valence-electron chi connectivity index (χ4n) is 2.57. The lowest BCUT2D eigenvalue weighted by molar-refractivity contribution is 0.922. The Morgan fingerprint density at radius 3 is 2.60 bits per heavy atom. The number of nitrogen functional groups attached to an aromatic ring is 1. The molecule has 1 aromatic carbocycles. The molecule has 0 bridgehead atoms. The molecule has 2 N–H and O–H groups in total. The molecule has 0 aliphatic rings. The number of anilines is 1. The van der Waals surface area contributed by atoms with Crippen molar-refractivity contribution in [3.05, 3.63) is 53.9 Å². The van der Waals surface area contributed by atoms with Crippen molar-refractivity contribution in [3.8, 4) is 11.3 Å². The van der Waals surface area contributed by atoms with Gasteiger partial charge in [-0.25, -0.2) is 4.98 Å². The number of imidazole rings is 1. The summed E-state index contributed by atoms with van der Waals surface area (Å²) in [6.07, 6.45) is 6.24. The van der Waals surface area contributed by atoms with E-state index in [-0.39, 0.29) is 0 Å². The van der Waals surface area contributed by atoms with E-state index < -0.39 is 0 Å². The number of aromatic nitrogens is 2. The predicted molar refractivity (Wildman–Crippen MR) is 83.8 cm³/mol. The van der Waals surface area contributed by atoms with Crippen molar-refractivity contribution < 1.29 is 0 Å². The van der Waals surface area contributed by atoms with E-state index in [0.717, 1.165) is 34.6 Å². The number of hydrogen-bond donors (Lipinski definition) is 1. The molecule has 3 nitrogen and oxygen atoms in total. The molecular formula is C17H19N3. The van der Waals surface area contributed by atoms with E-state index in [2.05, 4.69) is 31.2 Å². The van der Waals surface area contributed by atoms with E-state index in [0.29, 0.717) is 0 Å². The first-order valence-corrected chi connectivity index (χ1v) is 7.01. The highest BCUT2D eigenvalue weighted by molar-refractivity contribution is 5.65. The van der Waals surface area contributed by atoms with Crippen LogP contribution < -0.4 is 5.73 Å². The monoisotopic (exact) mass is 265 g/mol. The minimum absolute atomic E-state index is 0.761. The van der Waals surface area contributed by atoms with Crippen molar-refractivity contribution in [2.24, 2.45) is 0 Å². The summed E-state index contributed by atoms with van der Waals surface area (Å²) in [4.78, 5) is 4.71. The second-order valence-electron chi connectivity index (χ2n) is 5.26. The van der Waals surface area contributed by atoms with Gasteiger partial charge < -0.3 is 10.1 Å². The van der Waals surface area contributed by atoms with Gasteiger partial charge in [0, 0.05) is 23.6 Å². The van der Waals surface area contributed by atoms with E-state index in [1.54, 1.807) is 0 Å². The predicted octanol–water partition coefficient (Wildman–Crippen LogP) is 3.84. The normalized spacial score (nSPS) is 11.1. The van der Waals surface area contributed by atoms with Crippen molar-refractivity contribution in [3.63, 3.8) is 0 Å². The molecule has 0 saturated heterocycles. The van der Waals surface area contributed by atoms with Crippen LogP contribution >= 0.6 is 0 Å². The van der Waals surface area contributed by atoms with Gasteiger partial charge in [0.2, 0.25) is 0 Å². The summed E-state index contributed by atoms with van der Waals surface area (Å²) < 4.78 is 2.00. The van der Waals surface area contributed by atoms with Crippen LogP contribution in [-0.2, 0) is 6.42 Å². The summed E-state index contributed by atoms with van der Waals surface area (Å²) in [6, 6.07) is 10.6. The van der Waals surface area contributed by atoms with Gasteiger partial charge in [-0.15, -0.1) is 0 Å². The minimum atomic E-state index is 0.761. The number of aryl methyl sites for hydroxylation is 2. The third kappa shape index (κ3) is 2.27. The Morgan fingerprint density at radius 2 is 1.90 bits per heavy atom. The zero-order valence-corrected chi connectivity index (χ0v) is 11.9. The third-order valence-electron chi connectivity index (χ3n) is 3.54. The zero-order valence-electron chi connectivity index (χ0n) is 11.9. The number of nitrogens with two attached hydrogens (primary N) is 1. The van der Waals surface area contributed by atoms with E-state index in [4.69, 9.17) is 10.7 Å². The Balaban J connectivity index is 2.03. The molecule has 0 unspecified atom stereocenters. The van der Waals surface area contributed by atoms with Crippen molar-refractivity contribution in [1.82, 2.24) is 9.38 Å². The highest BCUT2D eigenvalue weighted by atomic mass is 15.0. The maximum Gasteiger partial charge on any atom is 0.140 e. The summed E-state index contributed by atoms with van der Waals surface area (Å²) in [5.41, 5.74) is 12.2. The molecule has 20 heavy (non-hydrogen) atoms. The van der Waals surface area contributed by atoms with Gasteiger partial charge in [-0.1, -0.05) is 37.6 Å². The van der Waals surface area contributed by atoms with Crippen LogP contribution in [0.3, 0.4) is 0 Å². The van der Waals surface area contributed by atoms with Gasteiger partial charge >= 0.3 is 0 Å². The maximum atomic E-state index is 5.88. The highest BCUT2D eigenvalue weighted by Crippen LogP contribution is 2.22. The molecule has 0 amide bonds. The van der Waals surface area contributed by atoms with E-state index in [9.17, 15) is 0 Å². The molecule has 3 heteroatoms. The smallest absolute Gasteiger partial charge is 0.140 e. The SMILES string of the molecule is CCCc1ccc(-c2cn3cc(N)cc(C)c3n2)cc1. The van der Waals surface area contributed by atoms with Crippen LogP contribution in [0.2, 0.25) is 0 Å². The standard InChI is InChI=1S/C17H19N3/c1-3-4-13-5-7-14(8-6-13)16-11-20-10-15(18)9-12(2)17(20)19-16/h5-11H,3-4,18H2,1-2H3. The summed E-state index contributed by atoms with van der Waals surface area (Å²) in [5.74, 6) is 0. The van der Waals surface area contributed by atoms with Gasteiger partial charge in [-0.2, -0.15) is 0 Å². The lowest BCUT2D eigenvalue weighted by Gasteiger charge is -2.00. The average Bonchev–Trinajstić information content (AvgIpc) is 2.84. The molecule has 0 fully saturated rings. The van der Waals surface area contributed by atoms with Crippen LogP contribution in [-0.4, -0.2) is 9.38 Å². The van der Waals surface area contributed by atoms with Crippen LogP contribution in [0.4, 0.5) is 5.69 Å². The quantitative estimate of drug-likeness (QED) is 0.781. The summed E-state index contributed by atoms with van der Waals surface area (Å²) >= 11 is 0. The van der Waals surface area contributed by atoms with E-state index in [1.165, 1.54) is 12.0 Å². The Labute approximate surface area is 119 Å². The summed E-state index contributed by atoms with van der Waals surface area (Å²) in [6.45, 7) is 4.23. The van der Waals surface area contributed by atoms with Crippen molar-refractivity contribution in [1.29, 1.82) is 0 Å². The first-order chi connectivity index (χ1) is 9.67. The highest BCUT2D eigenvalue weighted by Gasteiger charge is 2.07. The van der Waals surface area contributed by atoms with Crippen molar-refractivity contribution in [2.75, 3.05) is 5.73 Å². The lowest BCUT2D eigenvalue weighted by Crippen LogP contribution is -1.92. The molecule has 0 aliphatic heterocycles. The van der Waals surface area contributed by atoms with E-state index in [1.807, 2.05) is 29.8 Å². The molecule has 102 valence electrons. The van der Waals surface area contributed by atoms with Gasteiger partial charge in [0.1, 0.15) is 5.65 Å². The van der Waals surface area contributed by atoms with Gasteiger partial charge in [-0.05, 0) is 30.5 Å². The maximum absolute atomic E-state index is 5.88. The van der Waals surface area contributed by atoms with Gasteiger partial charge in [0.15, 0.2) is 0 Å². The fourth-order valence-corrected chi connectivity index (χ4v) is 2.57. The van der Waals surface area contributed by atoms with Gasteiger partial charge in [-0.3, -0.25) is 0 Å². The van der Waals surface area contributed by atoms with Crippen LogP contribution in [0.15, 0.2) is 42.7 Å². The average molecular weight is 265 g/mol. The number of hydrogen-bond acceptors (Lipinski definition) is 2. The number of benzene rings is 1. The van der Waals surface area contributed by atoms with Crippen LogP contribution in [0.5, 0.6) is 0 Å². The molecule has 3 rings (SSSR count). The number of nitrogens with zero attached hydrogens (tertiary/aromatic N) is 2. The van der Waals surface area contributed by atoms with Crippen LogP contribution in [0, 0.1) is 6.92 Å². The fraction of sp³-hybridized carbons (Fsp3) is 0.235. The Kier molecular flexibility index (Phi) is 3.18.